The molecule has 1 aliphatic carbocycles. The van der Waals surface area contributed by atoms with E-state index in [-0.39, 0.29) is 18.4 Å². The standard InChI is InChI=1S/C27H33Cl2N3O5S/c1-32(27(38-31-35)19-9-3-2-4-10-19)15-8-16-36-25(34)18-37-24(33)17-20-11-5-6-14-23(20)30-26-21(28)12-7-13-22(26)29/h5-7,11-14,19,27,30H,2-4,8-10,15-18H2,1H3. The van der Waals surface area contributed by atoms with E-state index in [0.29, 0.717) is 45.9 Å². The van der Waals surface area contributed by atoms with Crippen LogP contribution < -0.4 is 5.32 Å². The molecule has 1 fully saturated rings. The maximum absolute atomic E-state index is 12.4. The topological polar surface area (TPSA) is 97.3 Å². The average molecular weight is 583 g/mol. The highest BCUT2D eigenvalue weighted by Crippen LogP contribution is 2.35. The molecule has 0 radical (unpaired) electrons. The lowest BCUT2D eigenvalue weighted by atomic mass is 9.88. The summed E-state index contributed by atoms with van der Waals surface area (Å²) in [5, 5.41) is 4.11. The van der Waals surface area contributed by atoms with Crippen molar-refractivity contribution in [1.29, 1.82) is 0 Å². The fraction of sp³-hybridized carbons (Fsp3) is 0.481. The second-order valence-corrected chi connectivity index (χ2v) is 10.9. The second kappa shape index (κ2) is 15.9. The Balaban J connectivity index is 1.40. The molecule has 0 aromatic heterocycles. The second-order valence-electron chi connectivity index (χ2n) is 9.24. The molecule has 2 aromatic rings. The molecule has 38 heavy (non-hydrogen) atoms. The number of ether oxygens (including phenoxy) is 2. The number of para-hydroxylation sites is 2. The van der Waals surface area contributed by atoms with Gasteiger partial charge in [0.1, 0.15) is 0 Å². The van der Waals surface area contributed by atoms with Crippen LogP contribution in [0.25, 0.3) is 0 Å². The highest BCUT2D eigenvalue weighted by Gasteiger charge is 2.28. The molecule has 0 spiro atoms. The van der Waals surface area contributed by atoms with Gasteiger partial charge in [-0.3, -0.25) is 9.69 Å². The van der Waals surface area contributed by atoms with E-state index >= 15 is 0 Å². The van der Waals surface area contributed by atoms with Crippen LogP contribution in [0.15, 0.2) is 47.0 Å². The summed E-state index contributed by atoms with van der Waals surface area (Å²) < 4.78 is 13.4. The van der Waals surface area contributed by atoms with E-state index in [9.17, 15) is 14.5 Å². The van der Waals surface area contributed by atoms with Gasteiger partial charge in [-0.25, -0.2) is 4.79 Å². The van der Waals surface area contributed by atoms with Gasteiger partial charge in [-0.15, -0.1) is 4.91 Å². The summed E-state index contributed by atoms with van der Waals surface area (Å²) in [6.45, 7) is 0.398. The van der Waals surface area contributed by atoms with Crippen molar-refractivity contribution < 1.29 is 19.1 Å². The molecular weight excluding hydrogens is 549 g/mol. The Morgan fingerprint density at radius 1 is 1.05 bits per heavy atom. The molecule has 2 aromatic carbocycles. The molecule has 0 amide bonds. The number of nitroso groups, excluding NO2 is 1. The normalized spacial score (nSPS) is 14.6. The van der Waals surface area contributed by atoms with Crippen LogP contribution in [0, 0.1) is 10.8 Å². The van der Waals surface area contributed by atoms with Gasteiger partial charge < -0.3 is 14.8 Å². The minimum Gasteiger partial charge on any atom is -0.463 e. The first kappa shape index (κ1) is 30.2. The van der Waals surface area contributed by atoms with Crippen LogP contribution >= 0.6 is 35.1 Å². The van der Waals surface area contributed by atoms with Crippen molar-refractivity contribution in [3.05, 3.63) is 63.0 Å². The molecule has 0 heterocycles. The number of carbonyl (C=O) groups is 2. The SMILES string of the molecule is CN(CCCOC(=O)COC(=O)Cc1ccccc1Nc1c(Cl)cccc1Cl)C(SN=O)C1CCCCC1. The van der Waals surface area contributed by atoms with Crippen LogP contribution in [0.2, 0.25) is 10.0 Å². The summed E-state index contributed by atoms with van der Waals surface area (Å²) in [7, 11) is 1.97. The van der Waals surface area contributed by atoms with Crippen LogP contribution in [-0.4, -0.2) is 49.0 Å². The van der Waals surface area contributed by atoms with Gasteiger partial charge in [0.2, 0.25) is 0 Å². The molecule has 206 valence electrons. The molecule has 1 N–H and O–H groups in total. The third-order valence-electron chi connectivity index (χ3n) is 6.48. The van der Waals surface area contributed by atoms with Gasteiger partial charge in [0, 0.05) is 28.8 Å². The van der Waals surface area contributed by atoms with Crippen LogP contribution in [0.3, 0.4) is 0 Å². The predicted molar refractivity (Wildman–Crippen MR) is 153 cm³/mol. The third-order valence-corrected chi connectivity index (χ3v) is 8.16. The molecule has 0 bridgehead atoms. The minimum absolute atomic E-state index is 0.0377. The lowest BCUT2D eigenvalue weighted by Gasteiger charge is -2.34. The van der Waals surface area contributed by atoms with Crippen molar-refractivity contribution >= 4 is 58.5 Å². The largest absolute Gasteiger partial charge is 0.463 e. The molecule has 1 atom stereocenters. The number of hydrogen-bond acceptors (Lipinski definition) is 9. The number of esters is 2. The lowest BCUT2D eigenvalue weighted by Crippen LogP contribution is -2.37. The van der Waals surface area contributed by atoms with Gasteiger partial charge in [-0.2, -0.15) is 0 Å². The van der Waals surface area contributed by atoms with E-state index in [2.05, 4.69) is 14.8 Å². The fourth-order valence-electron chi connectivity index (χ4n) is 4.55. The van der Waals surface area contributed by atoms with E-state index in [4.69, 9.17) is 32.7 Å². The quantitative estimate of drug-likeness (QED) is 0.0836. The summed E-state index contributed by atoms with van der Waals surface area (Å²) in [5.41, 5.74) is 1.86. The molecule has 8 nitrogen and oxygen atoms in total. The first-order chi connectivity index (χ1) is 18.4. The number of halogens is 2. The van der Waals surface area contributed by atoms with Gasteiger partial charge in [-0.1, -0.05) is 66.7 Å². The number of anilines is 2. The number of nitrogens with zero attached hydrogens (tertiary/aromatic N) is 2. The zero-order valence-corrected chi connectivity index (χ0v) is 23.7. The highest BCUT2D eigenvalue weighted by atomic mass is 35.5. The molecule has 1 saturated carbocycles. The fourth-order valence-corrected chi connectivity index (χ4v) is 5.84. The average Bonchev–Trinajstić information content (AvgIpc) is 2.92. The maximum Gasteiger partial charge on any atom is 0.344 e. The molecular formula is C27H33Cl2N3O5S. The summed E-state index contributed by atoms with van der Waals surface area (Å²) in [4.78, 5) is 37.5. The molecule has 0 saturated heterocycles. The van der Waals surface area contributed by atoms with E-state index < -0.39 is 18.5 Å². The zero-order chi connectivity index (χ0) is 27.3. The number of benzene rings is 2. The first-order valence-corrected chi connectivity index (χ1v) is 14.3. The zero-order valence-electron chi connectivity index (χ0n) is 21.4. The van der Waals surface area contributed by atoms with E-state index in [1.165, 1.54) is 19.3 Å². The van der Waals surface area contributed by atoms with Crippen LogP contribution in [-0.2, 0) is 25.5 Å². The monoisotopic (exact) mass is 581 g/mol. The number of carbonyl (C=O) groups excluding carboxylic acids is 2. The number of rotatable bonds is 14. The van der Waals surface area contributed by atoms with Crippen LogP contribution in [0.4, 0.5) is 11.4 Å². The third kappa shape index (κ3) is 9.45. The summed E-state index contributed by atoms with van der Waals surface area (Å²) in [6, 6.07) is 12.4. The smallest absolute Gasteiger partial charge is 0.344 e. The Kier molecular flexibility index (Phi) is 12.7. The van der Waals surface area contributed by atoms with Crippen molar-refractivity contribution in [2.75, 3.05) is 32.1 Å². The van der Waals surface area contributed by atoms with Crippen molar-refractivity contribution in [1.82, 2.24) is 4.90 Å². The van der Waals surface area contributed by atoms with Gasteiger partial charge in [0.15, 0.2) is 6.61 Å². The Morgan fingerprint density at radius 3 is 2.47 bits per heavy atom. The van der Waals surface area contributed by atoms with Gasteiger partial charge in [0.05, 0.1) is 34.1 Å². The molecule has 11 heteroatoms. The van der Waals surface area contributed by atoms with Crippen molar-refractivity contribution in [3.8, 4) is 0 Å². The van der Waals surface area contributed by atoms with Crippen molar-refractivity contribution in [2.24, 2.45) is 10.5 Å². The lowest BCUT2D eigenvalue weighted by molar-refractivity contribution is -0.158. The van der Waals surface area contributed by atoms with Gasteiger partial charge in [-0.05, 0) is 56.0 Å². The summed E-state index contributed by atoms with van der Waals surface area (Å²) in [5.74, 6) is -0.724. The predicted octanol–water partition coefficient (Wildman–Crippen LogP) is 7.01. The summed E-state index contributed by atoms with van der Waals surface area (Å²) >= 11 is 13.6. The molecule has 1 unspecified atom stereocenters. The van der Waals surface area contributed by atoms with Crippen LogP contribution in [0.1, 0.15) is 44.1 Å². The Morgan fingerprint density at radius 2 is 1.76 bits per heavy atom. The Hall–Kier alpha value is -2.33. The van der Waals surface area contributed by atoms with E-state index in [0.717, 1.165) is 24.8 Å². The molecule has 0 aliphatic heterocycles. The van der Waals surface area contributed by atoms with Gasteiger partial charge in [0.25, 0.3) is 0 Å². The Bertz CT molecular complexity index is 1060. The van der Waals surface area contributed by atoms with E-state index in [1.807, 2.05) is 13.1 Å². The van der Waals surface area contributed by atoms with Gasteiger partial charge >= 0.3 is 11.9 Å². The maximum atomic E-state index is 12.4. The Labute approximate surface area is 237 Å². The molecule has 1 aliphatic rings. The van der Waals surface area contributed by atoms with Crippen molar-refractivity contribution in [2.45, 2.75) is 50.3 Å². The minimum atomic E-state index is -0.608. The first-order valence-electron chi connectivity index (χ1n) is 12.7. The highest BCUT2D eigenvalue weighted by molar-refractivity contribution is 7.98. The summed E-state index contributed by atoms with van der Waals surface area (Å²) in [6.07, 6.45) is 6.37. The van der Waals surface area contributed by atoms with Crippen LogP contribution in [0.5, 0.6) is 0 Å². The molecule has 3 rings (SSSR count). The van der Waals surface area contributed by atoms with Crippen molar-refractivity contribution in [3.63, 3.8) is 0 Å². The van der Waals surface area contributed by atoms with E-state index in [1.54, 1.807) is 36.4 Å². The number of hydrogen-bond donors (Lipinski definition) is 1. The number of nitrogens with one attached hydrogen (secondary N) is 1.